The third-order valence-electron chi connectivity index (χ3n) is 2.40. The van der Waals surface area contributed by atoms with E-state index in [-0.39, 0.29) is 36.4 Å². The third-order valence-corrected chi connectivity index (χ3v) is 3.37. The standard InChI is InChI=1S/C13H23N5OS.HI/c1-4-14-11(19)9-18-13(15-5-2)16-7-6-12-17-8-10(3)20-12;/h8H,4-7,9H2,1-3H3,(H,14,19)(H2,15,16,18);1H. The Kier molecular flexibility index (Phi) is 11.2. The number of thiazole rings is 1. The number of hydrogen-bond acceptors (Lipinski definition) is 4. The first-order valence-corrected chi connectivity index (χ1v) is 7.67. The maximum absolute atomic E-state index is 11.4. The van der Waals surface area contributed by atoms with Gasteiger partial charge in [-0.15, -0.1) is 35.3 Å². The molecule has 0 aliphatic heterocycles. The Morgan fingerprint density at radius 3 is 2.57 bits per heavy atom. The quantitative estimate of drug-likeness (QED) is 0.350. The summed E-state index contributed by atoms with van der Waals surface area (Å²) in [5.74, 6) is 0.590. The summed E-state index contributed by atoms with van der Waals surface area (Å²) in [6, 6.07) is 0. The molecule has 1 heterocycles. The molecule has 6 nitrogen and oxygen atoms in total. The van der Waals surface area contributed by atoms with Crippen LogP contribution in [0.1, 0.15) is 23.7 Å². The number of nitrogens with one attached hydrogen (secondary N) is 3. The Balaban J connectivity index is 0.00000400. The van der Waals surface area contributed by atoms with E-state index in [1.54, 1.807) is 11.3 Å². The van der Waals surface area contributed by atoms with E-state index < -0.39 is 0 Å². The third kappa shape index (κ3) is 8.86. The second-order valence-corrected chi connectivity index (χ2v) is 5.51. The highest BCUT2D eigenvalue weighted by molar-refractivity contribution is 14.0. The average Bonchev–Trinajstić information content (AvgIpc) is 2.82. The van der Waals surface area contributed by atoms with Gasteiger partial charge in [0.1, 0.15) is 6.54 Å². The second kappa shape index (κ2) is 11.7. The number of rotatable bonds is 7. The van der Waals surface area contributed by atoms with Crippen LogP contribution in [0.25, 0.3) is 0 Å². The number of carbonyl (C=O) groups excluding carboxylic acids is 1. The number of carbonyl (C=O) groups is 1. The molecule has 0 aromatic carbocycles. The summed E-state index contributed by atoms with van der Waals surface area (Å²) in [6.45, 7) is 8.20. The van der Waals surface area contributed by atoms with Gasteiger partial charge in [0, 0.05) is 37.1 Å². The minimum atomic E-state index is -0.0692. The van der Waals surface area contributed by atoms with Gasteiger partial charge in [-0.3, -0.25) is 4.79 Å². The number of aromatic nitrogens is 1. The zero-order valence-corrected chi connectivity index (χ0v) is 15.9. The predicted molar refractivity (Wildman–Crippen MR) is 98.6 cm³/mol. The van der Waals surface area contributed by atoms with E-state index >= 15 is 0 Å². The lowest BCUT2D eigenvalue weighted by Crippen LogP contribution is -2.39. The summed E-state index contributed by atoms with van der Waals surface area (Å²) in [5.41, 5.74) is 0. The van der Waals surface area contributed by atoms with Crippen molar-refractivity contribution in [2.45, 2.75) is 27.2 Å². The van der Waals surface area contributed by atoms with Crippen molar-refractivity contribution in [1.29, 1.82) is 0 Å². The van der Waals surface area contributed by atoms with Crippen LogP contribution in [0.15, 0.2) is 11.2 Å². The summed E-state index contributed by atoms with van der Waals surface area (Å²) in [5, 5.41) is 10.1. The van der Waals surface area contributed by atoms with Gasteiger partial charge in [-0.1, -0.05) is 0 Å². The lowest BCUT2D eigenvalue weighted by atomic mass is 10.4. The molecule has 1 amide bonds. The molecule has 120 valence electrons. The largest absolute Gasteiger partial charge is 0.357 e. The molecule has 8 heteroatoms. The average molecular weight is 425 g/mol. The lowest BCUT2D eigenvalue weighted by molar-refractivity contribution is -0.119. The Bertz CT molecular complexity index is 450. The number of hydrogen-bond donors (Lipinski definition) is 3. The highest BCUT2D eigenvalue weighted by atomic mass is 127. The van der Waals surface area contributed by atoms with E-state index in [9.17, 15) is 4.79 Å². The van der Waals surface area contributed by atoms with Crippen molar-refractivity contribution in [2.24, 2.45) is 4.99 Å². The Morgan fingerprint density at radius 2 is 2.00 bits per heavy atom. The summed E-state index contributed by atoms with van der Waals surface area (Å²) in [4.78, 5) is 21.1. The Hall–Kier alpha value is -0.900. The van der Waals surface area contributed by atoms with Gasteiger partial charge in [-0.2, -0.15) is 0 Å². The van der Waals surface area contributed by atoms with Crippen molar-refractivity contribution in [3.8, 4) is 0 Å². The van der Waals surface area contributed by atoms with Crippen molar-refractivity contribution in [2.75, 3.05) is 26.2 Å². The molecule has 1 aromatic rings. The monoisotopic (exact) mass is 425 g/mol. The molecule has 0 unspecified atom stereocenters. The molecular formula is C13H24IN5OS. The second-order valence-electron chi connectivity index (χ2n) is 4.19. The van der Waals surface area contributed by atoms with Gasteiger partial charge in [0.15, 0.2) is 5.96 Å². The molecular weight excluding hydrogens is 401 g/mol. The fourth-order valence-electron chi connectivity index (χ4n) is 1.55. The molecule has 0 spiro atoms. The van der Waals surface area contributed by atoms with Gasteiger partial charge in [0.05, 0.1) is 5.01 Å². The van der Waals surface area contributed by atoms with E-state index in [0.717, 1.165) is 24.5 Å². The molecule has 0 fully saturated rings. The smallest absolute Gasteiger partial charge is 0.241 e. The predicted octanol–water partition coefficient (Wildman–Crippen LogP) is 1.30. The molecule has 0 saturated heterocycles. The molecule has 1 aromatic heterocycles. The van der Waals surface area contributed by atoms with Crippen molar-refractivity contribution in [3.63, 3.8) is 0 Å². The first kappa shape index (κ1) is 20.1. The number of halogens is 1. The maximum Gasteiger partial charge on any atom is 0.241 e. The topological polar surface area (TPSA) is 78.4 Å². The SMILES string of the molecule is CCNC(=O)CN=C(NCC)NCCc1ncc(C)s1.I. The lowest BCUT2D eigenvalue weighted by Gasteiger charge is -2.10. The van der Waals surface area contributed by atoms with Gasteiger partial charge in [-0.25, -0.2) is 9.98 Å². The fourth-order valence-corrected chi connectivity index (χ4v) is 2.34. The van der Waals surface area contributed by atoms with E-state index in [1.165, 1.54) is 4.88 Å². The minimum Gasteiger partial charge on any atom is -0.357 e. The minimum absolute atomic E-state index is 0. The Labute approximate surface area is 147 Å². The van der Waals surface area contributed by atoms with Crippen molar-refractivity contribution >= 4 is 47.2 Å². The number of nitrogens with zero attached hydrogens (tertiary/aromatic N) is 2. The van der Waals surface area contributed by atoms with Gasteiger partial charge >= 0.3 is 0 Å². The molecule has 0 saturated carbocycles. The van der Waals surface area contributed by atoms with E-state index in [0.29, 0.717) is 12.5 Å². The Morgan fingerprint density at radius 1 is 1.29 bits per heavy atom. The van der Waals surface area contributed by atoms with Crippen LogP contribution in [-0.2, 0) is 11.2 Å². The fraction of sp³-hybridized carbons (Fsp3) is 0.615. The van der Waals surface area contributed by atoms with Crippen LogP contribution in [-0.4, -0.2) is 43.0 Å². The summed E-state index contributed by atoms with van der Waals surface area (Å²) >= 11 is 1.70. The van der Waals surface area contributed by atoms with Gasteiger partial charge in [0.2, 0.25) is 5.91 Å². The van der Waals surface area contributed by atoms with Crippen molar-refractivity contribution in [1.82, 2.24) is 20.9 Å². The number of amides is 1. The van der Waals surface area contributed by atoms with Crippen LogP contribution in [0.2, 0.25) is 0 Å². The molecule has 3 N–H and O–H groups in total. The van der Waals surface area contributed by atoms with E-state index in [1.807, 2.05) is 27.0 Å². The van der Waals surface area contributed by atoms with Gasteiger partial charge in [-0.05, 0) is 20.8 Å². The molecule has 0 radical (unpaired) electrons. The van der Waals surface area contributed by atoms with Crippen LogP contribution in [0.4, 0.5) is 0 Å². The first-order chi connectivity index (χ1) is 9.65. The molecule has 0 atom stereocenters. The number of guanidine groups is 1. The van der Waals surface area contributed by atoms with Gasteiger partial charge < -0.3 is 16.0 Å². The maximum atomic E-state index is 11.4. The molecule has 0 aliphatic rings. The summed E-state index contributed by atoms with van der Waals surface area (Å²) in [6.07, 6.45) is 2.73. The number of aliphatic imine (C=N–C) groups is 1. The molecule has 0 aliphatic carbocycles. The molecule has 0 bridgehead atoms. The molecule has 21 heavy (non-hydrogen) atoms. The molecule has 1 rings (SSSR count). The van der Waals surface area contributed by atoms with E-state index in [4.69, 9.17) is 0 Å². The highest BCUT2D eigenvalue weighted by Gasteiger charge is 2.02. The van der Waals surface area contributed by atoms with E-state index in [2.05, 4.69) is 25.9 Å². The van der Waals surface area contributed by atoms with Crippen molar-refractivity contribution < 1.29 is 4.79 Å². The highest BCUT2D eigenvalue weighted by Crippen LogP contribution is 2.10. The van der Waals surface area contributed by atoms with Crippen LogP contribution in [0, 0.1) is 6.92 Å². The normalized spacial score (nSPS) is 10.7. The van der Waals surface area contributed by atoms with Crippen LogP contribution < -0.4 is 16.0 Å². The van der Waals surface area contributed by atoms with Crippen LogP contribution in [0.5, 0.6) is 0 Å². The zero-order valence-electron chi connectivity index (χ0n) is 12.7. The van der Waals surface area contributed by atoms with Crippen molar-refractivity contribution in [3.05, 3.63) is 16.1 Å². The number of aryl methyl sites for hydroxylation is 1. The zero-order chi connectivity index (χ0) is 14.8. The summed E-state index contributed by atoms with van der Waals surface area (Å²) < 4.78 is 0. The first-order valence-electron chi connectivity index (χ1n) is 6.85. The van der Waals surface area contributed by atoms with Gasteiger partial charge in [0.25, 0.3) is 0 Å². The van der Waals surface area contributed by atoms with Crippen LogP contribution in [0.3, 0.4) is 0 Å². The van der Waals surface area contributed by atoms with Crippen LogP contribution >= 0.6 is 35.3 Å². The summed E-state index contributed by atoms with van der Waals surface area (Å²) in [7, 11) is 0. The number of likely N-dealkylation sites (N-methyl/N-ethyl adjacent to an activating group) is 1.